The lowest BCUT2D eigenvalue weighted by Crippen LogP contribution is -2.03. The number of aromatic carboxylic acids is 1. The Morgan fingerprint density at radius 1 is 1.58 bits per heavy atom. The summed E-state index contributed by atoms with van der Waals surface area (Å²) < 4.78 is 13.2. The molecule has 0 fully saturated rings. The topological polar surface area (TPSA) is 37.3 Å². The van der Waals surface area contributed by atoms with Crippen LogP contribution < -0.4 is 0 Å². The number of carboxylic acids is 1. The van der Waals surface area contributed by atoms with Gasteiger partial charge in [0.1, 0.15) is 11.4 Å². The van der Waals surface area contributed by atoms with E-state index in [0.717, 1.165) is 6.07 Å². The van der Waals surface area contributed by atoms with Crippen molar-refractivity contribution in [1.29, 1.82) is 0 Å². The Hall–Kier alpha value is -0.360. The predicted molar refractivity (Wildman–Crippen MR) is 51.1 cm³/mol. The van der Waals surface area contributed by atoms with Gasteiger partial charge in [-0.3, -0.25) is 0 Å². The fraction of sp³-hybridized carbons (Fsp3) is 0. The quantitative estimate of drug-likeness (QED) is 0.810. The number of hydrogen-bond acceptors (Lipinski definition) is 1. The van der Waals surface area contributed by atoms with Gasteiger partial charge in [0.2, 0.25) is 0 Å². The second-order valence-electron chi connectivity index (χ2n) is 2.05. The molecule has 0 unspecified atom stereocenters. The van der Waals surface area contributed by atoms with Crippen LogP contribution in [0.4, 0.5) is 4.39 Å². The zero-order valence-corrected chi connectivity index (χ0v) is 8.56. The monoisotopic (exact) mass is 300 g/mol. The van der Waals surface area contributed by atoms with Crippen LogP contribution >= 0.6 is 34.2 Å². The molecule has 0 amide bonds. The van der Waals surface area contributed by atoms with E-state index in [4.69, 9.17) is 16.7 Å². The molecule has 2 nitrogen and oxygen atoms in total. The van der Waals surface area contributed by atoms with Gasteiger partial charge in [-0.15, -0.1) is 0 Å². The van der Waals surface area contributed by atoms with Gasteiger partial charge in [0, 0.05) is 8.59 Å². The first-order valence-corrected chi connectivity index (χ1v) is 4.36. The van der Waals surface area contributed by atoms with Crippen LogP contribution in [0.3, 0.4) is 0 Å². The fourth-order valence-electron chi connectivity index (χ4n) is 0.747. The van der Waals surface area contributed by atoms with Gasteiger partial charge in [0.05, 0.1) is 0 Å². The number of benzene rings is 1. The second kappa shape index (κ2) is 3.57. The number of halogens is 3. The van der Waals surface area contributed by atoms with E-state index >= 15 is 0 Å². The Morgan fingerprint density at radius 2 is 2.17 bits per heavy atom. The molecule has 1 aromatic carbocycles. The lowest BCUT2D eigenvalue weighted by Gasteiger charge is -2.00. The molecule has 1 N–H and O–H groups in total. The van der Waals surface area contributed by atoms with Gasteiger partial charge in [-0.25, -0.2) is 9.18 Å². The van der Waals surface area contributed by atoms with Gasteiger partial charge < -0.3 is 5.11 Å². The third-order valence-corrected chi connectivity index (χ3v) is 2.29. The Morgan fingerprint density at radius 3 is 2.58 bits per heavy atom. The molecule has 12 heavy (non-hydrogen) atoms. The lowest BCUT2D eigenvalue weighted by molar-refractivity contribution is 0.0690. The van der Waals surface area contributed by atoms with E-state index in [1.807, 2.05) is 0 Å². The summed E-state index contributed by atoms with van der Waals surface area (Å²) in [5.74, 6) is -2.09. The Kier molecular flexibility index (Phi) is 2.89. The number of carboxylic acid groups (broad SMARTS) is 1. The molecular weight excluding hydrogens is 297 g/mol. The van der Waals surface area contributed by atoms with E-state index in [9.17, 15) is 9.18 Å². The minimum Gasteiger partial charge on any atom is -0.478 e. The van der Waals surface area contributed by atoms with Crippen molar-refractivity contribution in [1.82, 2.24) is 0 Å². The van der Waals surface area contributed by atoms with Gasteiger partial charge >= 0.3 is 5.97 Å². The number of carbonyl (C=O) groups is 1. The predicted octanol–water partition coefficient (Wildman–Crippen LogP) is 2.78. The highest BCUT2D eigenvalue weighted by Crippen LogP contribution is 2.21. The van der Waals surface area contributed by atoms with Crippen molar-refractivity contribution in [2.45, 2.75) is 0 Å². The van der Waals surface area contributed by atoms with Crippen molar-refractivity contribution in [3.63, 3.8) is 0 Å². The van der Waals surface area contributed by atoms with Crippen LogP contribution in [0.2, 0.25) is 5.02 Å². The molecular formula is C7H3ClFIO2. The highest BCUT2D eigenvalue weighted by Gasteiger charge is 2.14. The summed E-state index contributed by atoms with van der Waals surface area (Å²) >= 11 is 7.21. The van der Waals surface area contributed by atoms with Gasteiger partial charge in [0.25, 0.3) is 0 Å². The SMILES string of the molecule is O=C(O)c1c(F)cc(Cl)cc1I. The molecule has 0 radical (unpaired) electrons. The molecule has 0 spiro atoms. The Labute approximate surface area is 86.5 Å². The molecule has 1 aromatic rings. The first-order chi connectivity index (χ1) is 5.52. The van der Waals surface area contributed by atoms with Crippen molar-refractivity contribution in [3.8, 4) is 0 Å². The third kappa shape index (κ3) is 1.87. The van der Waals surface area contributed by atoms with E-state index in [1.165, 1.54) is 6.07 Å². The first-order valence-electron chi connectivity index (χ1n) is 2.90. The van der Waals surface area contributed by atoms with Crippen LogP contribution in [0.15, 0.2) is 12.1 Å². The summed E-state index contributed by atoms with van der Waals surface area (Å²) in [6.45, 7) is 0. The van der Waals surface area contributed by atoms with E-state index in [0.29, 0.717) is 3.57 Å². The second-order valence-corrected chi connectivity index (χ2v) is 3.65. The van der Waals surface area contributed by atoms with Crippen LogP contribution in [-0.4, -0.2) is 11.1 Å². The fourth-order valence-corrected chi connectivity index (χ4v) is 1.96. The van der Waals surface area contributed by atoms with Crippen LogP contribution in [-0.2, 0) is 0 Å². The largest absolute Gasteiger partial charge is 0.478 e. The van der Waals surface area contributed by atoms with E-state index in [2.05, 4.69) is 0 Å². The van der Waals surface area contributed by atoms with Gasteiger partial charge in [-0.1, -0.05) is 11.6 Å². The average molecular weight is 300 g/mol. The summed E-state index contributed by atoms with van der Waals surface area (Å²) in [5, 5.41) is 8.75. The molecule has 0 atom stereocenters. The maximum absolute atomic E-state index is 12.9. The molecule has 5 heteroatoms. The highest BCUT2D eigenvalue weighted by molar-refractivity contribution is 14.1. The molecule has 0 aliphatic rings. The van der Waals surface area contributed by atoms with Crippen LogP contribution in [0.1, 0.15) is 10.4 Å². The smallest absolute Gasteiger partial charge is 0.339 e. The van der Waals surface area contributed by atoms with Gasteiger partial charge in [0.15, 0.2) is 0 Å². The molecule has 0 heterocycles. The van der Waals surface area contributed by atoms with Crippen LogP contribution in [0.5, 0.6) is 0 Å². The van der Waals surface area contributed by atoms with Crippen molar-refractivity contribution < 1.29 is 14.3 Å². The van der Waals surface area contributed by atoms with Crippen molar-refractivity contribution >= 4 is 40.2 Å². The van der Waals surface area contributed by atoms with Crippen molar-refractivity contribution in [2.75, 3.05) is 0 Å². The molecule has 0 aliphatic carbocycles. The van der Waals surface area contributed by atoms with Crippen LogP contribution in [0, 0.1) is 9.39 Å². The zero-order chi connectivity index (χ0) is 9.30. The first kappa shape index (κ1) is 9.73. The van der Waals surface area contributed by atoms with Gasteiger partial charge in [-0.2, -0.15) is 0 Å². The Balaban J connectivity index is 3.38. The van der Waals surface area contributed by atoms with E-state index < -0.39 is 11.8 Å². The summed E-state index contributed by atoms with van der Waals surface area (Å²) in [6.07, 6.45) is 0. The minimum atomic E-state index is -1.28. The molecule has 0 aromatic heterocycles. The molecule has 0 aliphatic heterocycles. The summed E-state index contributed by atoms with van der Waals surface area (Å²) in [6, 6.07) is 2.38. The number of hydrogen-bond donors (Lipinski definition) is 1. The maximum atomic E-state index is 12.9. The van der Waals surface area contributed by atoms with Crippen molar-refractivity contribution in [2.24, 2.45) is 0 Å². The molecule has 0 saturated carbocycles. The number of rotatable bonds is 1. The van der Waals surface area contributed by atoms with Crippen LogP contribution in [0.25, 0.3) is 0 Å². The minimum absolute atomic E-state index is 0.196. The molecule has 64 valence electrons. The Bertz CT molecular complexity index is 317. The van der Waals surface area contributed by atoms with E-state index in [1.54, 1.807) is 22.6 Å². The molecule has 1 rings (SSSR count). The summed E-state index contributed by atoms with van der Waals surface area (Å²) in [7, 11) is 0. The third-order valence-electron chi connectivity index (χ3n) is 1.22. The average Bonchev–Trinajstić information content (AvgIpc) is 1.82. The van der Waals surface area contributed by atoms with Gasteiger partial charge in [-0.05, 0) is 34.7 Å². The van der Waals surface area contributed by atoms with E-state index in [-0.39, 0.29) is 10.6 Å². The molecule has 0 bridgehead atoms. The summed E-state index contributed by atoms with van der Waals surface area (Å²) in [5.41, 5.74) is -0.333. The standard InChI is InChI=1S/C7H3ClFIO2/c8-3-1-4(9)6(7(11)12)5(10)2-3/h1-2H,(H,11,12). The van der Waals surface area contributed by atoms with Crippen molar-refractivity contribution in [3.05, 3.63) is 32.1 Å². The lowest BCUT2D eigenvalue weighted by atomic mass is 10.2. The highest BCUT2D eigenvalue weighted by atomic mass is 127. The zero-order valence-electron chi connectivity index (χ0n) is 5.64. The normalized spacial score (nSPS) is 9.92. The molecule has 0 saturated heterocycles. The maximum Gasteiger partial charge on any atom is 0.339 e. The summed E-state index contributed by atoms with van der Waals surface area (Å²) in [4.78, 5) is 10.5.